The van der Waals surface area contributed by atoms with Crippen molar-refractivity contribution in [2.45, 2.75) is 19.8 Å². The fourth-order valence-corrected chi connectivity index (χ4v) is 1.26. The first-order valence-electron chi connectivity index (χ1n) is 6.11. The van der Waals surface area contributed by atoms with Crippen LogP contribution in [-0.4, -0.2) is 47.3 Å². The highest BCUT2D eigenvalue weighted by Crippen LogP contribution is 2.18. The van der Waals surface area contributed by atoms with Gasteiger partial charge in [0.05, 0.1) is 26.2 Å². The molecule has 19 heavy (non-hydrogen) atoms. The van der Waals surface area contributed by atoms with E-state index in [1.807, 2.05) is 6.92 Å². The topological polar surface area (TPSA) is 90.2 Å². The number of aromatic nitrogens is 1. The molecule has 2 N–H and O–H groups in total. The van der Waals surface area contributed by atoms with Crippen molar-refractivity contribution in [1.29, 1.82) is 0 Å². The summed E-state index contributed by atoms with van der Waals surface area (Å²) < 4.78 is 11.0. The number of aromatic hydroxyl groups is 2. The maximum atomic E-state index is 11.4. The molecule has 0 unspecified atom stereocenters. The summed E-state index contributed by atoms with van der Waals surface area (Å²) in [5.74, 6) is -1.31. The smallest absolute Gasteiger partial charge is 0.335 e. The van der Waals surface area contributed by atoms with E-state index < -0.39 is 5.97 Å². The predicted octanol–water partition coefficient (Wildman–Crippen LogP) is 0.688. The molecule has 0 atom stereocenters. The van der Waals surface area contributed by atoms with Crippen LogP contribution < -0.4 is 4.84 Å². The number of rotatable bonds is 9. The lowest BCUT2D eigenvalue weighted by atomic mass is 10.5. The summed E-state index contributed by atoms with van der Waals surface area (Å²) in [5, 5.41) is 18.5. The lowest BCUT2D eigenvalue weighted by Crippen LogP contribution is -2.20. The van der Waals surface area contributed by atoms with Gasteiger partial charge in [-0.3, -0.25) is 0 Å². The van der Waals surface area contributed by atoms with Crippen LogP contribution in [-0.2, 0) is 14.3 Å². The molecule has 0 bridgehead atoms. The average molecular weight is 273 g/mol. The van der Waals surface area contributed by atoms with Gasteiger partial charge in [-0.1, -0.05) is 6.92 Å². The average Bonchev–Trinajstić information content (AvgIpc) is 2.69. The molecule has 1 aromatic rings. The zero-order chi connectivity index (χ0) is 14.1. The van der Waals surface area contributed by atoms with E-state index in [0.29, 0.717) is 24.6 Å². The van der Waals surface area contributed by atoms with Gasteiger partial charge in [-0.05, 0) is 6.42 Å². The van der Waals surface area contributed by atoms with E-state index in [0.717, 1.165) is 6.42 Å². The molecular formula is C12H19NO6. The van der Waals surface area contributed by atoms with Gasteiger partial charge in [0, 0.05) is 18.7 Å². The maximum absolute atomic E-state index is 11.4. The third kappa shape index (κ3) is 5.62. The number of hydrogen-bond acceptors (Lipinski definition) is 6. The molecule has 7 heteroatoms. The first kappa shape index (κ1) is 15.3. The Morgan fingerprint density at radius 1 is 1.11 bits per heavy atom. The molecule has 1 rings (SSSR count). The first-order valence-corrected chi connectivity index (χ1v) is 6.11. The van der Waals surface area contributed by atoms with Crippen LogP contribution in [0.1, 0.15) is 19.8 Å². The van der Waals surface area contributed by atoms with Crippen molar-refractivity contribution in [1.82, 2.24) is 4.73 Å². The van der Waals surface area contributed by atoms with Gasteiger partial charge < -0.3 is 24.5 Å². The summed E-state index contributed by atoms with van der Waals surface area (Å²) in [6.07, 6.45) is 0.973. The van der Waals surface area contributed by atoms with E-state index in [4.69, 9.17) is 14.3 Å². The van der Waals surface area contributed by atoms with Crippen molar-refractivity contribution in [3.63, 3.8) is 0 Å². The van der Waals surface area contributed by atoms with Crippen LogP contribution in [0.5, 0.6) is 11.8 Å². The van der Waals surface area contributed by atoms with E-state index in [-0.39, 0.29) is 24.8 Å². The second-order valence-corrected chi connectivity index (χ2v) is 3.78. The van der Waals surface area contributed by atoms with Crippen LogP contribution >= 0.6 is 0 Å². The Hall–Kier alpha value is -1.73. The monoisotopic (exact) mass is 273 g/mol. The molecule has 7 nitrogen and oxygen atoms in total. The van der Waals surface area contributed by atoms with Gasteiger partial charge in [0.25, 0.3) is 0 Å². The Kier molecular flexibility index (Phi) is 6.76. The van der Waals surface area contributed by atoms with Crippen molar-refractivity contribution in [2.75, 3.05) is 26.4 Å². The molecule has 0 radical (unpaired) electrons. The predicted molar refractivity (Wildman–Crippen MR) is 65.9 cm³/mol. The fourth-order valence-electron chi connectivity index (χ4n) is 1.26. The zero-order valence-electron chi connectivity index (χ0n) is 10.9. The van der Waals surface area contributed by atoms with E-state index >= 15 is 0 Å². The van der Waals surface area contributed by atoms with Crippen LogP contribution in [0.4, 0.5) is 0 Å². The van der Waals surface area contributed by atoms with E-state index in [9.17, 15) is 15.0 Å². The second-order valence-electron chi connectivity index (χ2n) is 3.78. The normalized spacial score (nSPS) is 10.6. The number of nitrogens with zero attached hydrogens (tertiary/aromatic N) is 1. The van der Waals surface area contributed by atoms with Crippen LogP contribution in [0.3, 0.4) is 0 Å². The molecule has 1 heterocycles. The first-order chi connectivity index (χ1) is 9.15. The van der Waals surface area contributed by atoms with Crippen LogP contribution in [0, 0.1) is 0 Å². The van der Waals surface area contributed by atoms with Gasteiger partial charge in [0.2, 0.25) is 11.8 Å². The summed E-state index contributed by atoms with van der Waals surface area (Å²) in [7, 11) is 0. The number of carbonyl (C=O) groups excluding carboxylic acids is 1. The SMILES string of the molecule is CCCOCCOCCC(=O)On1c(O)ccc1O. The highest BCUT2D eigenvalue weighted by molar-refractivity contribution is 5.70. The molecule has 108 valence electrons. The van der Waals surface area contributed by atoms with Crippen molar-refractivity contribution in [3.8, 4) is 11.8 Å². The molecular weight excluding hydrogens is 254 g/mol. The lowest BCUT2D eigenvalue weighted by molar-refractivity contribution is -0.146. The minimum atomic E-state index is -0.615. The Bertz CT molecular complexity index is 370. The quantitative estimate of drug-likeness (QED) is 0.643. The van der Waals surface area contributed by atoms with E-state index in [2.05, 4.69) is 0 Å². The van der Waals surface area contributed by atoms with Crippen LogP contribution in [0.15, 0.2) is 12.1 Å². The van der Waals surface area contributed by atoms with Crippen LogP contribution in [0.25, 0.3) is 0 Å². The number of hydrogen-bond donors (Lipinski definition) is 2. The van der Waals surface area contributed by atoms with Gasteiger partial charge in [-0.15, -0.1) is 4.73 Å². The second kappa shape index (κ2) is 8.39. The van der Waals surface area contributed by atoms with Crippen molar-refractivity contribution in [2.24, 2.45) is 0 Å². The van der Waals surface area contributed by atoms with Crippen molar-refractivity contribution in [3.05, 3.63) is 12.1 Å². The molecule has 0 aliphatic heterocycles. The van der Waals surface area contributed by atoms with E-state index in [1.54, 1.807) is 0 Å². The van der Waals surface area contributed by atoms with Crippen LogP contribution in [0.2, 0.25) is 0 Å². The summed E-state index contributed by atoms with van der Waals surface area (Å²) in [5.41, 5.74) is 0. The summed E-state index contributed by atoms with van der Waals surface area (Å²) >= 11 is 0. The van der Waals surface area contributed by atoms with Gasteiger partial charge >= 0.3 is 5.97 Å². The standard InChI is InChI=1S/C12H19NO6/c1-2-6-17-8-9-18-7-5-12(16)19-13-10(14)3-4-11(13)15/h3-4,14-15H,2,5-9H2,1H3. The molecule has 0 spiro atoms. The summed E-state index contributed by atoms with van der Waals surface area (Å²) in [6.45, 7) is 3.80. The highest BCUT2D eigenvalue weighted by Gasteiger charge is 2.11. The van der Waals surface area contributed by atoms with Gasteiger partial charge in [-0.25, -0.2) is 4.79 Å². The zero-order valence-corrected chi connectivity index (χ0v) is 10.9. The molecule has 0 aliphatic rings. The fraction of sp³-hybridized carbons (Fsp3) is 0.583. The molecule has 1 aromatic heterocycles. The van der Waals surface area contributed by atoms with Crippen molar-refractivity contribution >= 4 is 5.97 Å². The lowest BCUT2D eigenvalue weighted by Gasteiger charge is -2.07. The Morgan fingerprint density at radius 2 is 1.68 bits per heavy atom. The minimum absolute atomic E-state index is 0.0187. The molecule has 0 saturated heterocycles. The van der Waals surface area contributed by atoms with Crippen molar-refractivity contribution < 1.29 is 29.3 Å². The Balaban J connectivity index is 2.12. The third-order valence-electron chi connectivity index (χ3n) is 2.16. The molecule has 0 saturated carbocycles. The Labute approximate surface area is 111 Å². The highest BCUT2D eigenvalue weighted by atomic mass is 16.7. The maximum Gasteiger partial charge on any atom is 0.335 e. The molecule has 0 amide bonds. The van der Waals surface area contributed by atoms with E-state index in [1.165, 1.54) is 12.1 Å². The van der Waals surface area contributed by atoms with Gasteiger partial charge in [0.15, 0.2) is 0 Å². The largest absolute Gasteiger partial charge is 0.492 e. The van der Waals surface area contributed by atoms with Gasteiger partial charge in [0.1, 0.15) is 0 Å². The molecule has 0 fully saturated rings. The Morgan fingerprint density at radius 3 is 2.26 bits per heavy atom. The number of ether oxygens (including phenoxy) is 2. The molecule has 0 aliphatic carbocycles. The van der Waals surface area contributed by atoms with Gasteiger partial charge in [-0.2, -0.15) is 0 Å². The molecule has 0 aromatic carbocycles. The summed E-state index contributed by atoms with van der Waals surface area (Å²) in [4.78, 5) is 16.1. The third-order valence-corrected chi connectivity index (χ3v) is 2.16. The summed E-state index contributed by atoms with van der Waals surface area (Å²) in [6, 6.07) is 2.42. The number of carbonyl (C=O) groups is 1. The minimum Gasteiger partial charge on any atom is -0.492 e.